The van der Waals surface area contributed by atoms with E-state index in [-0.39, 0.29) is 24.9 Å². The lowest BCUT2D eigenvalue weighted by atomic mass is 10.1. The fourth-order valence-corrected chi connectivity index (χ4v) is 2.25. The molecule has 2 rings (SSSR count). The van der Waals surface area contributed by atoms with Crippen molar-refractivity contribution in [2.75, 3.05) is 6.54 Å². The topological polar surface area (TPSA) is 98.1 Å². The molecule has 1 heterocycles. The standard InChI is InChI=1S/C18H25N5O3/c1-13(14-5-7-15(8-6-14)23-12-19-11-21-23)22-16(24)9-10-20-17(25)26-18(2,3)4/h5-8,11-13H,9-10H2,1-4H3,(H,20,25)(H,22,24). The van der Waals surface area contributed by atoms with E-state index in [1.165, 1.54) is 6.33 Å². The van der Waals surface area contributed by atoms with E-state index >= 15 is 0 Å². The largest absolute Gasteiger partial charge is 0.444 e. The maximum atomic E-state index is 12.0. The third kappa shape index (κ3) is 6.19. The first-order chi connectivity index (χ1) is 12.2. The van der Waals surface area contributed by atoms with Crippen molar-refractivity contribution in [2.24, 2.45) is 0 Å². The van der Waals surface area contributed by atoms with Crippen LogP contribution >= 0.6 is 0 Å². The Balaban J connectivity index is 1.77. The number of hydrogen-bond donors (Lipinski definition) is 2. The van der Waals surface area contributed by atoms with Gasteiger partial charge in [-0.2, -0.15) is 5.10 Å². The highest BCUT2D eigenvalue weighted by atomic mass is 16.6. The summed E-state index contributed by atoms with van der Waals surface area (Å²) >= 11 is 0. The maximum absolute atomic E-state index is 12.0. The van der Waals surface area contributed by atoms with Crippen LogP contribution < -0.4 is 10.6 Å². The quantitative estimate of drug-likeness (QED) is 0.825. The van der Waals surface area contributed by atoms with Crippen molar-refractivity contribution >= 4 is 12.0 Å². The van der Waals surface area contributed by atoms with Crippen molar-refractivity contribution in [2.45, 2.75) is 45.8 Å². The zero-order valence-corrected chi connectivity index (χ0v) is 15.5. The molecule has 0 spiro atoms. The molecule has 8 nitrogen and oxygen atoms in total. The molecular formula is C18H25N5O3. The normalized spacial score (nSPS) is 12.3. The third-order valence-electron chi connectivity index (χ3n) is 3.47. The zero-order valence-electron chi connectivity index (χ0n) is 15.5. The minimum Gasteiger partial charge on any atom is -0.444 e. The van der Waals surface area contributed by atoms with E-state index in [1.54, 1.807) is 31.8 Å². The van der Waals surface area contributed by atoms with Crippen molar-refractivity contribution in [3.63, 3.8) is 0 Å². The number of alkyl carbamates (subject to hydrolysis) is 1. The molecule has 0 aliphatic heterocycles. The number of carbonyl (C=O) groups is 2. The molecule has 1 aromatic carbocycles. The second-order valence-electron chi connectivity index (χ2n) is 6.90. The molecule has 1 aromatic heterocycles. The van der Waals surface area contributed by atoms with Crippen LogP contribution in [0.25, 0.3) is 5.69 Å². The first-order valence-electron chi connectivity index (χ1n) is 8.46. The molecule has 0 saturated carbocycles. The molecule has 2 N–H and O–H groups in total. The predicted octanol–water partition coefficient (Wildman–Crippen LogP) is 2.36. The molecular weight excluding hydrogens is 334 g/mol. The fraction of sp³-hybridized carbons (Fsp3) is 0.444. The van der Waals surface area contributed by atoms with Gasteiger partial charge in [0, 0.05) is 13.0 Å². The lowest BCUT2D eigenvalue weighted by molar-refractivity contribution is -0.121. The first-order valence-corrected chi connectivity index (χ1v) is 8.46. The molecule has 2 amide bonds. The summed E-state index contributed by atoms with van der Waals surface area (Å²) in [6, 6.07) is 7.55. The summed E-state index contributed by atoms with van der Waals surface area (Å²) in [7, 11) is 0. The van der Waals surface area contributed by atoms with Crippen LogP contribution in [-0.2, 0) is 9.53 Å². The van der Waals surface area contributed by atoms with Crippen LogP contribution in [-0.4, -0.2) is 38.9 Å². The lowest BCUT2D eigenvalue weighted by Crippen LogP contribution is -2.35. The predicted molar refractivity (Wildman–Crippen MR) is 96.8 cm³/mol. The summed E-state index contributed by atoms with van der Waals surface area (Å²) in [5.74, 6) is -0.145. The SMILES string of the molecule is CC(NC(=O)CCNC(=O)OC(C)(C)C)c1ccc(-n2cncn2)cc1. The van der Waals surface area contributed by atoms with Crippen molar-refractivity contribution in [1.29, 1.82) is 0 Å². The highest BCUT2D eigenvalue weighted by Crippen LogP contribution is 2.15. The molecule has 1 atom stereocenters. The molecule has 0 aliphatic rings. The summed E-state index contributed by atoms with van der Waals surface area (Å²) in [6.45, 7) is 7.49. The van der Waals surface area contributed by atoms with Gasteiger partial charge >= 0.3 is 6.09 Å². The average molecular weight is 359 g/mol. The smallest absolute Gasteiger partial charge is 0.407 e. The summed E-state index contributed by atoms with van der Waals surface area (Å²) in [5, 5.41) is 9.55. The average Bonchev–Trinajstić information content (AvgIpc) is 3.07. The van der Waals surface area contributed by atoms with Crippen LogP contribution in [0, 0.1) is 0 Å². The van der Waals surface area contributed by atoms with Gasteiger partial charge in [0.05, 0.1) is 11.7 Å². The molecule has 0 saturated heterocycles. The summed E-state index contributed by atoms with van der Waals surface area (Å²) in [6.07, 6.45) is 2.75. The van der Waals surface area contributed by atoms with Gasteiger partial charge in [-0.15, -0.1) is 0 Å². The van der Waals surface area contributed by atoms with Crippen LogP contribution in [0.5, 0.6) is 0 Å². The Morgan fingerprint density at radius 2 is 1.92 bits per heavy atom. The highest BCUT2D eigenvalue weighted by molar-refractivity contribution is 5.77. The van der Waals surface area contributed by atoms with Crippen molar-refractivity contribution in [3.05, 3.63) is 42.5 Å². The van der Waals surface area contributed by atoms with Gasteiger partial charge in [0.1, 0.15) is 18.3 Å². The van der Waals surface area contributed by atoms with Gasteiger partial charge in [-0.3, -0.25) is 4.79 Å². The molecule has 1 unspecified atom stereocenters. The molecule has 0 bridgehead atoms. The minimum absolute atomic E-state index is 0.145. The van der Waals surface area contributed by atoms with Crippen LogP contribution in [0.1, 0.15) is 45.7 Å². The number of carbonyl (C=O) groups excluding carboxylic acids is 2. The van der Waals surface area contributed by atoms with Gasteiger partial charge in [0.25, 0.3) is 0 Å². The third-order valence-corrected chi connectivity index (χ3v) is 3.47. The number of ether oxygens (including phenoxy) is 1. The zero-order chi connectivity index (χ0) is 19.2. The van der Waals surface area contributed by atoms with E-state index in [4.69, 9.17) is 4.74 Å². The van der Waals surface area contributed by atoms with Crippen molar-refractivity contribution < 1.29 is 14.3 Å². The molecule has 2 aromatic rings. The highest BCUT2D eigenvalue weighted by Gasteiger charge is 2.16. The first kappa shape index (κ1) is 19.4. The Morgan fingerprint density at radius 3 is 2.50 bits per heavy atom. The Kier molecular flexibility index (Phi) is 6.32. The molecule has 0 fully saturated rings. The van der Waals surface area contributed by atoms with Crippen LogP contribution in [0.15, 0.2) is 36.9 Å². The summed E-state index contributed by atoms with van der Waals surface area (Å²) in [4.78, 5) is 27.5. The van der Waals surface area contributed by atoms with Crippen LogP contribution in [0.4, 0.5) is 4.79 Å². The van der Waals surface area contributed by atoms with E-state index < -0.39 is 11.7 Å². The summed E-state index contributed by atoms with van der Waals surface area (Å²) in [5.41, 5.74) is 1.31. The van der Waals surface area contributed by atoms with Crippen LogP contribution in [0.2, 0.25) is 0 Å². The number of nitrogens with zero attached hydrogens (tertiary/aromatic N) is 3. The lowest BCUT2D eigenvalue weighted by Gasteiger charge is -2.19. The fourth-order valence-electron chi connectivity index (χ4n) is 2.25. The van der Waals surface area contributed by atoms with Crippen molar-refractivity contribution in [1.82, 2.24) is 25.4 Å². The van der Waals surface area contributed by atoms with Crippen molar-refractivity contribution in [3.8, 4) is 5.69 Å². The molecule has 8 heteroatoms. The van der Waals surface area contributed by atoms with E-state index in [2.05, 4.69) is 20.7 Å². The molecule has 0 radical (unpaired) electrons. The van der Waals surface area contributed by atoms with Gasteiger partial charge in [-0.1, -0.05) is 12.1 Å². The number of hydrogen-bond acceptors (Lipinski definition) is 5. The van der Waals surface area contributed by atoms with Gasteiger partial charge in [-0.05, 0) is 45.4 Å². The Labute approximate surface area is 153 Å². The summed E-state index contributed by atoms with van der Waals surface area (Å²) < 4.78 is 6.78. The number of aromatic nitrogens is 3. The molecule has 0 aliphatic carbocycles. The minimum atomic E-state index is -0.556. The molecule has 140 valence electrons. The second-order valence-corrected chi connectivity index (χ2v) is 6.90. The number of nitrogens with one attached hydrogen (secondary N) is 2. The number of benzene rings is 1. The number of rotatable bonds is 6. The second kappa shape index (κ2) is 8.46. The Hall–Kier alpha value is -2.90. The maximum Gasteiger partial charge on any atom is 0.407 e. The van der Waals surface area contributed by atoms with Gasteiger partial charge < -0.3 is 15.4 Å². The number of amides is 2. The van der Waals surface area contributed by atoms with E-state index in [0.29, 0.717) is 0 Å². The van der Waals surface area contributed by atoms with Gasteiger partial charge in [0.15, 0.2) is 0 Å². The Morgan fingerprint density at radius 1 is 1.23 bits per heavy atom. The van der Waals surface area contributed by atoms with E-state index in [0.717, 1.165) is 11.3 Å². The van der Waals surface area contributed by atoms with Gasteiger partial charge in [-0.25, -0.2) is 14.5 Å². The molecule has 26 heavy (non-hydrogen) atoms. The van der Waals surface area contributed by atoms with E-state index in [1.807, 2.05) is 31.2 Å². The van der Waals surface area contributed by atoms with E-state index in [9.17, 15) is 9.59 Å². The Bertz CT molecular complexity index is 720. The van der Waals surface area contributed by atoms with Gasteiger partial charge in [0.2, 0.25) is 5.91 Å². The van der Waals surface area contributed by atoms with Crippen LogP contribution in [0.3, 0.4) is 0 Å². The monoisotopic (exact) mass is 359 g/mol.